The molecule has 5 nitrogen and oxygen atoms in total. The standard InChI is InChI=1S/C12H19N3O2/c1-9(2)5-6-13-7-10-8-14(3)12(17)15(4)11(10)16/h5,8,13H,6-7H2,1-4H3. The first-order chi connectivity index (χ1) is 7.93. The molecule has 94 valence electrons. The minimum Gasteiger partial charge on any atom is -0.309 e. The Balaban J connectivity index is 2.83. The highest BCUT2D eigenvalue weighted by Crippen LogP contribution is 1.89. The second-order valence-electron chi connectivity index (χ2n) is 4.32. The van der Waals surface area contributed by atoms with Crippen LogP contribution in [0.3, 0.4) is 0 Å². The number of hydrogen-bond donors (Lipinski definition) is 1. The zero-order valence-electron chi connectivity index (χ0n) is 10.8. The van der Waals surface area contributed by atoms with Gasteiger partial charge in [0.05, 0.1) is 0 Å². The fourth-order valence-electron chi connectivity index (χ4n) is 1.49. The molecule has 5 heteroatoms. The summed E-state index contributed by atoms with van der Waals surface area (Å²) >= 11 is 0. The van der Waals surface area contributed by atoms with E-state index in [0.717, 1.165) is 4.57 Å². The molecule has 0 aromatic carbocycles. The Labute approximate surface area is 100 Å². The molecule has 1 rings (SSSR count). The molecule has 1 aromatic heterocycles. The average Bonchev–Trinajstić information content (AvgIpc) is 2.27. The van der Waals surface area contributed by atoms with Crippen LogP contribution in [0.5, 0.6) is 0 Å². The molecular formula is C12H19N3O2. The van der Waals surface area contributed by atoms with Crippen molar-refractivity contribution in [1.82, 2.24) is 14.5 Å². The number of nitrogens with one attached hydrogen (secondary N) is 1. The van der Waals surface area contributed by atoms with Gasteiger partial charge in [0.1, 0.15) is 0 Å². The van der Waals surface area contributed by atoms with Crippen molar-refractivity contribution in [2.75, 3.05) is 6.54 Å². The van der Waals surface area contributed by atoms with Crippen molar-refractivity contribution in [3.8, 4) is 0 Å². The fraction of sp³-hybridized carbons (Fsp3) is 0.500. The van der Waals surface area contributed by atoms with E-state index in [1.807, 2.05) is 19.9 Å². The van der Waals surface area contributed by atoms with Gasteiger partial charge in [-0.1, -0.05) is 11.6 Å². The second-order valence-corrected chi connectivity index (χ2v) is 4.32. The first-order valence-corrected chi connectivity index (χ1v) is 5.53. The van der Waals surface area contributed by atoms with Gasteiger partial charge in [0.15, 0.2) is 0 Å². The summed E-state index contributed by atoms with van der Waals surface area (Å²) in [5.74, 6) is 0. The molecule has 0 aliphatic rings. The van der Waals surface area contributed by atoms with Crippen LogP contribution in [0.15, 0.2) is 27.4 Å². The SMILES string of the molecule is CC(C)=CCNCc1cn(C)c(=O)n(C)c1=O. The van der Waals surface area contributed by atoms with Gasteiger partial charge in [-0.05, 0) is 13.8 Å². The summed E-state index contributed by atoms with van der Waals surface area (Å²) in [6, 6.07) is 0. The number of aryl methyl sites for hydroxylation is 1. The van der Waals surface area contributed by atoms with E-state index in [2.05, 4.69) is 5.32 Å². The molecule has 0 atom stereocenters. The van der Waals surface area contributed by atoms with Crippen molar-refractivity contribution in [2.45, 2.75) is 20.4 Å². The summed E-state index contributed by atoms with van der Waals surface area (Å²) in [6.07, 6.45) is 3.63. The lowest BCUT2D eigenvalue weighted by atomic mass is 10.3. The minimum absolute atomic E-state index is 0.238. The van der Waals surface area contributed by atoms with Crippen molar-refractivity contribution in [3.63, 3.8) is 0 Å². The van der Waals surface area contributed by atoms with Gasteiger partial charge >= 0.3 is 5.69 Å². The summed E-state index contributed by atoms with van der Waals surface area (Å²) in [6.45, 7) is 5.22. The van der Waals surface area contributed by atoms with Crippen LogP contribution in [0.4, 0.5) is 0 Å². The van der Waals surface area contributed by atoms with Crippen molar-refractivity contribution in [2.24, 2.45) is 14.1 Å². The number of rotatable bonds is 4. The zero-order valence-corrected chi connectivity index (χ0v) is 10.8. The maximum absolute atomic E-state index is 11.8. The molecule has 17 heavy (non-hydrogen) atoms. The molecule has 0 amide bonds. The molecule has 0 unspecified atom stereocenters. The monoisotopic (exact) mass is 237 g/mol. The molecule has 0 aliphatic heterocycles. The van der Waals surface area contributed by atoms with E-state index >= 15 is 0 Å². The van der Waals surface area contributed by atoms with Gasteiger partial charge < -0.3 is 9.88 Å². The van der Waals surface area contributed by atoms with E-state index in [1.165, 1.54) is 17.2 Å². The predicted molar refractivity (Wildman–Crippen MR) is 68.1 cm³/mol. The van der Waals surface area contributed by atoms with E-state index in [0.29, 0.717) is 18.7 Å². The third-order valence-electron chi connectivity index (χ3n) is 2.49. The molecule has 1 aromatic rings. The Morgan fingerprint density at radius 1 is 1.35 bits per heavy atom. The average molecular weight is 237 g/mol. The summed E-state index contributed by atoms with van der Waals surface area (Å²) in [7, 11) is 3.13. The largest absolute Gasteiger partial charge is 0.330 e. The second kappa shape index (κ2) is 5.63. The van der Waals surface area contributed by atoms with Crippen LogP contribution < -0.4 is 16.6 Å². The van der Waals surface area contributed by atoms with Gasteiger partial charge in [-0.15, -0.1) is 0 Å². The van der Waals surface area contributed by atoms with Crippen LogP contribution in [0.25, 0.3) is 0 Å². The van der Waals surface area contributed by atoms with Crippen LogP contribution in [0.2, 0.25) is 0 Å². The fourth-order valence-corrected chi connectivity index (χ4v) is 1.49. The highest BCUT2D eigenvalue weighted by molar-refractivity contribution is 5.05. The normalized spacial score (nSPS) is 10.4. The summed E-state index contributed by atoms with van der Waals surface area (Å²) in [5.41, 5.74) is 1.28. The van der Waals surface area contributed by atoms with Gasteiger partial charge in [-0.2, -0.15) is 0 Å². The molecule has 0 radical (unpaired) electrons. The maximum Gasteiger partial charge on any atom is 0.330 e. The molecule has 0 aliphatic carbocycles. The first kappa shape index (κ1) is 13.4. The molecule has 1 heterocycles. The van der Waals surface area contributed by atoms with E-state index in [4.69, 9.17) is 0 Å². The maximum atomic E-state index is 11.8. The van der Waals surface area contributed by atoms with Crippen LogP contribution in [0.1, 0.15) is 19.4 Å². The van der Waals surface area contributed by atoms with E-state index in [9.17, 15) is 9.59 Å². The molecule has 0 fully saturated rings. The summed E-state index contributed by atoms with van der Waals surface area (Å²) < 4.78 is 2.54. The van der Waals surface area contributed by atoms with E-state index in [1.54, 1.807) is 13.2 Å². The molecular weight excluding hydrogens is 218 g/mol. The van der Waals surface area contributed by atoms with Crippen LogP contribution in [-0.4, -0.2) is 15.7 Å². The Morgan fingerprint density at radius 3 is 2.59 bits per heavy atom. The Hall–Kier alpha value is -1.62. The third-order valence-corrected chi connectivity index (χ3v) is 2.49. The van der Waals surface area contributed by atoms with Crippen molar-refractivity contribution >= 4 is 0 Å². The van der Waals surface area contributed by atoms with E-state index in [-0.39, 0.29) is 11.2 Å². The Kier molecular flexibility index (Phi) is 4.45. The molecule has 1 N–H and O–H groups in total. The lowest BCUT2D eigenvalue weighted by molar-refractivity contribution is 0.647. The smallest absolute Gasteiger partial charge is 0.309 e. The van der Waals surface area contributed by atoms with Gasteiger partial charge in [0.25, 0.3) is 5.56 Å². The molecule has 0 bridgehead atoms. The van der Waals surface area contributed by atoms with Crippen molar-refractivity contribution in [1.29, 1.82) is 0 Å². The van der Waals surface area contributed by atoms with Gasteiger partial charge in [-0.25, -0.2) is 4.79 Å². The number of nitrogens with zero attached hydrogens (tertiary/aromatic N) is 2. The van der Waals surface area contributed by atoms with Crippen LogP contribution >= 0.6 is 0 Å². The lowest BCUT2D eigenvalue weighted by Gasteiger charge is -2.07. The lowest BCUT2D eigenvalue weighted by Crippen LogP contribution is -2.39. The number of aromatic nitrogens is 2. The quantitative estimate of drug-likeness (QED) is 0.598. The topological polar surface area (TPSA) is 56.0 Å². The Bertz CT molecular complexity index is 534. The summed E-state index contributed by atoms with van der Waals surface area (Å²) in [4.78, 5) is 23.2. The van der Waals surface area contributed by atoms with Gasteiger partial charge in [-0.3, -0.25) is 9.36 Å². The third kappa shape index (κ3) is 3.42. The van der Waals surface area contributed by atoms with Crippen molar-refractivity contribution in [3.05, 3.63) is 44.2 Å². The molecule has 0 saturated heterocycles. The van der Waals surface area contributed by atoms with Gasteiger partial charge in [0, 0.05) is 38.9 Å². The van der Waals surface area contributed by atoms with Crippen LogP contribution in [-0.2, 0) is 20.6 Å². The first-order valence-electron chi connectivity index (χ1n) is 5.53. The summed E-state index contributed by atoms with van der Waals surface area (Å²) in [5, 5.41) is 3.14. The van der Waals surface area contributed by atoms with Gasteiger partial charge in [0.2, 0.25) is 0 Å². The minimum atomic E-state index is -0.303. The zero-order chi connectivity index (χ0) is 13.0. The van der Waals surface area contributed by atoms with Crippen LogP contribution in [0, 0.1) is 0 Å². The molecule has 0 saturated carbocycles. The predicted octanol–water partition coefficient (Wildman–Crippen LogP) is 0.140. The number of hydrogen-bond acceptors (Lipinski definition) is 3. The Morgan fingerprint density at radius 2 is 2.00 bits per heavy atom. The number of allylic oxidation sites excluding steroid dienone is 1. The highest BCUT2D eigenvalue weighted by Gasteiger charge is 2.05. The van der Waals surface area contributed by atoms with Crippen molar-refractivity contribution < 1.29 is 0 Å². The highest BCUT2D eigenvalue weighted by atomic mass is 16.2. The molecule has 0 spiro atoms. The van der Waals surface area contributed by atoms with E-state index < -0.39 is 0 Å².